The third-order valence-electron chi connectivity index (χ3n) is 2.77. The summed E-state index contributed by atoms with van der Waals surface area (Å²) in [4.78, 5) is 12.2. The molecule has 96 valence electrons. The van der Waals surface area contributed by atoms with Crippen LogP contribution >= 0.6 is 15.9 Å². The van der Waals surface area contributed by atoms with Gasteiger partial charge in [-0.15, -0.1) is 0 Å². The lowest BCUT2D eigenvalue weighted by atomic mass is 9.92. The Kier molecular flexibility index (Phi) is 5.33. The molecule has 1 aromatic rings. The fraction of sp³-hybridized carbons (Fsp3) is 0.667. The summed E-state index contributed by atoms with van der Waals surface area (Å²) in [6, 6.07) is 0. The van der Waals surface area contributed by atoms with Gasteiger partial charge in [0.25, 0.3) is 0 Å². The van der Waals surface area contributed by atoms with Gasteiger partial charge in [0.1, 0.15) is 5.69 Å². The normalized spacial score (nSPS) is 13.1. The molecule has 0 saturated carbocycles. The average Bonchev–Trinajstić information content (AvgIpc) is 2.56. The van der Waals surface area contributed by atoms with E-state index in [0.29, 0.717) is 24.6 Å². The van der Waals surface area contributed by atoms with E-state index in [4.69, 9.17) is 5.73 Å². The van der Waals surface area contributed by atoms with Crippen molar-refractivity contribution in [1.82, 2.24) is 9.78 Å². The van der Waals surface area contributed by atoms with Crippen molar-refractivity contribution in [1.29, 1.82) is 0 Å². The third kappa shape index (κ3) is 3.92. The number of Topliss-reactive ketones (excluding diaryl/α,β-unsaturated/α-hetero) is 1. The van der Waals surface area contributed by atoms with Crippen molar-refractivity contribution in [3.8, 4) is 0 Å². The highest BCUT2D eigenvalue weighted by Crippen LogP contribution is 2.21. The summed E-state index contributed by atoms with van der Waals surface area (Å²) in [5, 5.41) is 4.05. The minimum atomic E-state index is 0.105. The van der Waals surface area contributed by atoms with Crippen LogP contribution in [0.2, 0.25) is 0 Å². The number of nitrogens with two attached hydrogens (primary N) is 1. The lowest BCUT2D eigenvalue weighted by molar-refractivity contribution is 0.0947. The van der Waals surface area contributed by atoms with Gasteiger partial charge in [-0.2, -0.15) is 5.10 Å². The highest BCUT2D eigenvalue weighted by Gasteiger charge is 2.20. The van der Waals surface area contributed by atoms with Crippen LogP contribution in [0.1, 0.15) is 37.2 Å². The second kappa shape index (κ2) is 6.31. The molecule has 0 aromatic carbocycles. The fourth-order valence-electron chi connectivity index (χ4n) is 2.01. The summed E-state index contributed by atoms with van der Waals surface area (Å²) in [6.45, 7) is 4.85. The van der Waals surface area contributed by atoms with Crippen molar-refractivity contribution >= 4 is 21.7 Å². The van der Waals surface area contributed by atoms with E-state index in [1.165, 1.54) is 0 Å². The lowest BCUT2D eigenvalue weighted by Gasteiger charge is -2.16. The predicted octanol–water partition coefficient (Wildman–Crippen LogP) is 2.38. The van der Waals surface area contributed by atoms with Crippen LogP contribution in [0.4, 0.5) is 0 Å². The first kappa shape index (κ1) is 14.4. The summed E-state index contributed by atoms with van der Waals surface area (Å²) in [5.41, 5.74) is 6.34. The number of carbonyl (C=O) groups excluding carboxylic acids is 1. The molecule has 0 fully saturated rings. The molecule has 0 amide bonds. The molecule has 1 atom stereocenters. The van der Waals surface area contributed by atoms with Gasteiger partial charge in [0.15, 0.2) is 5.78 Å². The standard InChI is InChI=1S/C12H20BrN3O/c1-8(2)4-9(6-14)5-11(17)12-10(13)7-15-16(12)3/h7-9H,4-6,14H2,1-3H3. The van der Waals surface area contributed by atoms with Crippen molar-refractivity contribution in [2.45, 2.75) is 26.7 Å². The molecule has 5 heteroatoms. The average molecular weight is 302 g/mol. The summed E-state index contributed by atoms with van der Waals surface area (Å²) in [5.74, 6) is 0.920. The smallest absolute Gasteiger partial charge is 0.182 e. The first-order chi connectivity index (χ1) is 7.95. The van der Waals surface area contributed by atoms with E-state index in [9.17, 15) is 4.79 Å². The van der Waals surface area contributed by atoms with Crippen LogP contribution in [0, 0.1) is 11.8 Å². The van der Waals surface area contributed by atoms with Gasteiger partial charge in [0.2, 0.25) is 0 Å². The van der Waals surface area contributed by atoms with Gasteiger partial charge in [0, 0.05) is 13.5 Å². The van der Waals surface area contributed by atoms with Crippen LogP contribution in [0.25, 0.3) is 0 Å². The Hall–Kier alpha value is -0.680. The maximum Gasteiger partial charge on any atom is 0.182 e. The second-order valence-corrected chi connectivity index (χ2v) is 5.68. The number of aromatic nitrogens is 2. The van der Waals surface area contributed by atoms with Gasteiger partial charge in [-0.25, -0.2) is 0 Å². The summed E-state index contributed by atoms with van der Waals surface area (Å²) in [7, 11) is 1.78. The number of nitrogens with zero attached hydrogens (tertiary/aromatic N) is 2. The number of carbonyl (C=O) groups is 1. The molecule has 0 bridgehead atoms. The quantitative estimate of drug-likeness (QED) is 0.821. The zero-order chi connectivity index (χ0) is 13.0. The van der Waals surface area contributed by atoms with Crippen LogP contribution < -0.4 is 5.73 Å². The molecular weight excluding hydrogens is 282 g/mol. The molecule has 0 spiro atoms. The van der Waals surface area contributed by atoms with Crippen LogP contribution in [-0.4, -0.2) is 22.1 Å². The van der Waals surface area contributed by atoms with Crippen LogP contribution in [0.15, 0.2) is 10.7 Å². The number of aryl methyl sites for hydroxylation is 1. The van der Waals surface area contributed by atoms with E-state index in [2.05, 4.69) is 34.9 Å². The van der Waals surface area contributed by atoms with Gasteiger partial charge in [0.05, 0.1) is 10.7 Å². The van der Waals surface area contributed by atoms with E-state index in [1.807, 2.05) is 0 Å². The SMILES string of the molecule is CC(C)CC(CN)CC(=O)c1c(Br)cnn1C. The Labute approximate surface area is 111 Å². The Morgan fingerprint density at radius 1 is 1.59 bits per heavy atom. The highest BCUT2D eigenvalue weighted by molar-refractivity contribution is 9.10. The van der Waals surface area contributed by atoms with Gasteiger partial charge in [-0.3, -0.25) is 9.48 Å². The lowest BCUT2D eigenvalue weighted by Crippen LogP contribution is -2.21. The van der Waals surface area contributed by atoms with Crippen molar-refractivity contribution in [3.05, 3.63) is 16.4 Å². The minimum absolute atomic E-state index is 0.105. The van der Waals surface area contributed by atoms with Gasteiger partial charge in [-0.1, -0.05) is 13.8 Å². The van der Waals surface area contributed by atoms with Crippen molar-refractivity contribution in [2.75, 3.05) is 6.54 Å². The molecule has 0 saturated heterocycles. The number of hydrogen-bond acceptors (Lipinski definition) is 3. The topological polar surface area (TPSA) is 60.9 Å². The number of rotatable bonds is 6. The minimum Gasteiger partial charge on any atom is -0.330 e. The van der Waals surface area contributed by atoms with E-state index >= 15 is 0 Å². The molecule has 0 aliphatic rings. The monoisotopic (exact) mass is 301 g/mol. The molecular formula is C12H20BrN3O. The van der Waals surface area contributed by atoms with E-state index < -0.39 is 0 Å². The maximum atomic E-state index is 12.2. The Morgan fingerprint density at radius 2 is 2.24 bits per heavy atom. The van der Waals surface area contributed by atoms with E-state index in [1.54, 1.807) is 17.9 Å². The first-order valence-electron chi connectivity index (χ1n) is 5.86. The van der Waals surface area contributed by atoms with Crippen LogP contribution in [-0.2, 0) is 7.05 Å². The fourth-order valence-corrected chi connectivity index (χ4v) is 2.58. The van der Waals surface area contributed by atoms with Gasteiger partial charge >= 0.3 is 0 Å². The largest absolute Gasteiger partial charge is 0.330 e. The van der Waals surface area contributed by atoms with E-state index in [0.717, 1.165) is 10.9 Å². The summed E-state index contributed by atoms with van der Waals surface area (Å²) >= 11 is 3.34. The maximum absolute atomic E-state index is 12.2. The van der Waals surface area contributed by atoms with Crippen LogP contribution in [0.5, 0.6) is 0 Å². The van der Waals surface area contributed by atoms with Crippen molar-refractivity contribution in [3.63, 3.8) is 0 Å². The Bertz CT molecular complexity index is 368. The van der Waals surface area contributed by atoms with Gasteiger partial charge < -0.3 is 5.73 Å². The molecule has 0 aliphatic heterocycles. The molecule has 17 heavy (non-hydrogen) atoms. The third-order valence-corrected chi connectivity index (χ3v) is 3.35. The number of hydrogen-bond donors (Lipinski definition) is 1. The Balaban J connectivity index is 2.71. The molecule has 1 rings (SSSR count). The zero-order valence-corrected chi connectivity index (χ0v) is 12.2. The Morgan fingerprint density at radius 3 is 2.65 bits per heavy atom. The predicted molar refractivity (Wildman–Crippen MR) is 71.9 cm³/mol. The molecule has 0 aliphatic carbocycles. The van der Waals surface area contributed by atoms with Crippen LogP contribution in [0.3, 0.4) is 0 Å². The molecule has 4 nitrogen and oxygen atoms in total. The van der Waals surface area contributed by atoms with E-state index in [-0.39, 0.29) is 11.7 Å². The summed E-state index contributed by atoms with van der Waals surface area (Å²) < 4.78 is 2.36. The van der Waals surface area contributed by atoms with Gasteiger partial charge in [-0.05, 0) is 40.7 Å². The molecule has 1 heterocycles. The number of halogens is 1. The molecule has 1 aromatic heterocycles. The number of ketones is 1. The van der Waals surface area contributed by atoms with Crippen molar-refractivity contribution in [2.24, 2.45) is 24.6 Å². The van der Waals surface area contributed by atoms with Crippen molar-refractivity contribution < 1.29 is 4.79 Å². The molecule has 1 unspecified atom stereocenters. The second-order valence-electron chi connectivity index (χ2n) is 4.82. The first-order valence-corrected chi connectivity index (χ1v) is 6.65. The summed E-state index contributed by atoms with van der Waals surface area (Å²) in [6.07, 6.45) is 3.12. The molecule has 0 radical (unpaired) electrons. The highest BCUT2D eigenvalue weighted by atomic mass is 79.9. The molecule has 2 N–H and O–H groups in total. The zero-order valence-electron chi connectivity index (χ0n) is 10.6.